The first-order valence-corrected chi connectivity index (χ1v) is 10.3. The molecule has 6 heteroatoms. The zero-order valence-electron chi connectivity index (χ0n) is 17.6. The standard InChI is InChI=1S/C15H10N2O4.C12H10/c18-15(11-5-1-2-6-12(11)17(19)20)21-14-8-10-16-9-4-3-7-13(14)16;1-3-7-11(8-4-1)12-9-5-2-6-10-12/h1-10H;1-10H. The van der Waals surface area contributed by atoms with Gasteiger partial charge in [0.05, 0.1) is 10.4 Å². The Balaban J connectivity index is 0.000000183. The fourth-order valence-corrected chi connectivity index (χ4v) is 3.34. The fourth-order valence-electron chi connectivity index (χ4n) is 3.34. The number of para-hydroxylation sites is 1. The molecule has 5 aromatic rings. The zero-order chi connectivity index (χ0) is 23.0. The Hall–Kier alpha value is -4.71. The number of esters is 1. The number of hydrogen-bond donors (Lipinski definition) is 0. The molecule has 0 aliphatic heterocycles. The van der Waals surface area contributed by atoms with Gasteiger partial charge in [0.15, 0.2) is 5.75 Å². The van der Waals surface area contributed by atoms with Gasteiger partial charge >= 0.3 is 5.97 Å². The summed E-state index contributed by atoms with van der Waals surface area (Å²) in [6.07, 6.45) is 3.56. The third-order valence-electron chi connectivity index (χ3n) is 4.93. The Morgan fingerprint density at radius 3 is 1.91 bits per heavy atom. The number of fused-ring (bicyclic) bond motifs is 1. The molecule has 0 atom stereocenters. The Morgan fingerprint density at radius 2 is 1.27 bits per heavy atom. The van der Waals surface area contributed by atoms with Crippen LogP contribution in [0.4, 0.5) is 5.69 Å². The van der Waals surface area contributed by atoms with E-state index in [-0.39, 0.29) is 11.3 Å². The van der Waals surface area contributed by atoms with Gasteiger partial charge in [-0.05, 0) is 35.4 Å². The van der Waals surface area contributed by atoms with E-state index in [1.165, 1.54) is 29.3 Å². The lowest BCUT2D eigenvalue weighted by Crippen LogP contribution is -2.10. The van der Waals surface area contributed by atoms with E-state index >= 15 is 0 Å². The number of ether oxygens (including phenoxy) is 1. The van der Waals surface area contributed by atoms with Gasteiger partial charge in [0.25, 0.3) is 5.69 Å². The van der Waals surface area contributed by atoms with Crippen molar-refractivity contribution in [3.05, 3.63) is 137 Å². The number of aromatic nitrogens is 1. The predicted molar refractivity (Wildman–Crippen MR) is 127 cm³/mol. The summed E-state index contributed by atoms with van der Waals surface area (Å²) >= 11 is 0. The first kappa shape index (κ1) is 21.5. The van der Waals surface area contributed by atoms with Crippen molar-refractivity contribution in [2.75, 3.05) is 0 Å². The minimum atomic E-state index is -0.751. The van der Waals surface area contributed by atoms with Gasteiger partial charge in [-0.25, -0.2) is 4.79 Å². The summed E-state index contributed by atoms with van der Waals surface area (Å²) in [6.45, 7) is 0. The average molecular weight is 436 g/mol. The SMILES string of the molecule is O=C(Oc1ccn2ccccc12)c1ccccc1[N+](=O)[O-].c1ccc(-c2ccccc2)cc1. The number of carbonyl (C=O) groups is 1. The van der Waals surface area contributed by atoms with Crippen LogP contribution in [0.25, 0.3) is 16.6 Å². The molecular weight excluding hydrogens is 416 g/mol. The summed E-state index contributed by atoms with van der Waals surface area (Å²) in [5.41, 5.74) is 2.92. The molecule has 0 bridgehead atoms. The van der Waals surface area contributed by atoms with Crippen LogP contribution in [0.1, 0.15) is 10.4 Å². The molecule has 0 radical (unpaired) electrons. The Kier molecular flexibility index (Phi) is 6.56. The second-order valence-corrected chi connectivity index (χ2v) is 7.07. The van der Waals surface area contributed by atoms with Crippen molar-refractivity contribution >= 4 is 17.2 Å². The monoisotopic (exact) mass is 436 g/mol. The zero-order valence-corrected chi connectivity index (χ0v) is 17.6. The molecule has 0 aliphatic carbocycles. The molecule has 0 saturated carbocycles. The van der Waals surface area contributed by atoms with Gasteiger partial charge in [-0.2, -0.15) is 0 Å². The minimum Gasteiger partial charge on any atom is -0.420 e. The third-order valence-corrected chi connectivity index (χ3v) is 4.93. The van der Waals surface area contributed by atoms with Crippen molar-refractivity contribution in [3.8, 4) is 16.9 Å². The maximum Gasteiger partial charge on any atom is 0.350 e. The van der Waals surface area contributed by atoms with Gasteiger partial charge in [-0.15, -0.1) is 0 Å². The van der Waals surface area contributed by atoms with Crippen LogP contribution in [-0.2, 0) is 0 Å². The maximum absolute atomic E-state index is 12.1. The van der Waals surface area contributed by atoms with Crippen molar-refractivity contribution in [2.45, 2.75) is 0 Å². The maximum atomic E-state index is 12.1. The van der Waals surface area contributed by atoms with Crippen LogP contribution in [0.5, 0.6) is 5.75 Å². The number of nitro groups is 1. The summed E-state index contributed by atoms with van der Waals surface area (Å²) in [5.74, 6) is -0.391. The smallest absolute Gasteiger partial charge is 0.350 e. The van der Waals surface area contributed by atoms with Crippen molar-refractivity contribution in [3.63, 3.8) is 0 Å². The quantitative estimate of drug-likeness (QED) is 0.185. The number of nitrogens with zero attached hydrogens (tertiary/aromatic N) is 2. The number of rotatable bonds is 4. The lowest BCUT2D eigenvalue weighted by molar-refractivity contribution is -0.385. The van der Waals surface area contributed by atoms with E-state index in [1.54, 1.807) is 28.8 Å². The highest BCUT2D eigenvalue weighted by molar-refractivity contribution is 5.96. The second-order valence-electron chi connectivity index (χ2n) is 7.07. The van der Waals surface area contributed by atoms with Gasteiger partial charge in [0, 0.05) is 18.5 Å². The Labute approximate surface area is 190 Å². The number of hydrogen-bond acceptors (Lipinski definition) is 4. The summed E-state index contributed by atoms with van der Waals surface area (Å²) < 4.78 is 7.07. The Bertz CT molecular complexity index is 1340. The second kappa shape index (κ2) is 10.1. The molecule has 0 amide bonds. The van der Waals surface area contributed by atoms with Gasteiger partial charge in [0.2, 0.25) is 0 Å². The summed E-state index contributed by atoms with van der Waals surface area (Å²) in [4.78, 5) is 22.5. The molecule has 2 aromatic heterocycles. The van der Waals surface area contributed by atoms with Gasteiger partial charge in [-0.1, -0.05) is 78.9 Å². The molecule has 0 aliphatic rings. The Morgan fingerprint density at radius 1 is 0.697 bits per heavy atom. The topological polar surface area (TPSA) is 73.8 Å². The number of pyridine rings is 1. The van der Waals surface area contributed by atoms with E-state index in [0.29, 0.717) is 11.3 Å². The van der Waals surface area contributed by atoms with E-state index in [2.05, 4.69) is 48.5 Å². The van der Waals surface area contributed by atoms with E-state index in [1.807, 2.05) is 30.5 Å². The minimum absolute atomic E-state index is 0.0715. The summed E-state index contributed by atoms with van der Waals surface area (Å²) in [5, 5.41) is 10.9. The van der Waals surface area contributed by atoms with Crippen LogP contribution in [0.15, 0.2) is 122 Å². The highest BCUT2D eigenvalue weighted by Gasteiger charge is 2.21. The number of carbonyl (C=O) groups excluding carboxylic acids is 1. The summed E-state index contributed by atoms with van der Waals surface area (Å²) in [7, 11) is 0. The molecular formula is C27H20N2O4. The van der Waals surface area contributed by atoms with Crippen LogP contribution >= 0.6 is 0 Å². The highest BCUT2D eigenvalue weighted by atomic mass is 16.6. The molecule has 33 heavy (non-hydrogen) atoms. The molecule has 6 nitrogen and oxygen atoms in total. The molecule has 0 spiro atoms. The molecule has 0 saturated heterocycles. The predicted octanol–water partition coefficient (Wildman–Crippen LogP) is 6.42. The van der Waals surface area contributed by atoms with Crippen LogP contribution in [0.3, 0.4) is 0 Å². The molecule has 0 N–H and O–H groups in total. The average Bonchev–Trinajstić information content (AvgIpc) is 3.28. The van der Waals surface area contributed by atoms with Crippen LogP contribution in [0, 0.1) is 10.1 Å². The summed E-state index contributed by atoms with van der Waals surface area (Å²) in [6, 6.07) is 33.6. The first-order chi connectivity index (χ1) is 16.1. The van der Waals surface area contributed by atoms with Gasteiger partial charge < -0.3 is 9.14 Å². The molecule has 0 unspecified atom stereocenters. The van der Waals surface area contributed by atoms with Crippen LogP contribution in [0.2, 0.25) is 0 Å². The largest absolute Gasteiger partial charge is 0.420 e. The molecule has 162 valence electrons. The highest BCUT2D eigenvalue weighted by Crippen LogP contribution is 2.24. The van der Waals surface area contributed by atoms with Crippen molar-refractivity contribution in [1.29, 1.82) is 0 Å². The number of benzene rings is 3. The molecule has 3 aromatic carbocycles. The van der Waals surface area contributed by atoms with E-state index in [9.17, 15) is 14.9 Å². The van der Waals surface area contributed by atoms with E-state index < -0.39 is 10.9 Å². The third kappa shape index (κ3) is 5.14. The molecule has 2 heterocycles. The lowest BCUT2D eigenvalue weighted by atomic mass is 10.1. The van der Waals surface area contributed by atoms with Gasteiger partial charge in [-0.3, -0.25) is 10.1 Å². The van der Waals surface area contributed by atoms with Crippen molar-refractivity contribution < 1.29 is 14.5 Å². The molecule has 5 rings (SSSR count). The van der Waals surface area contributed by atoms with Gasteiger partial charge in [0.1, 0.15) is 5.56 Å². The van der Waals surface area contributed by atoms with Crippen molar-refractivity contribution in [2.24, 2.45) is 0 Å². The lowest BCUT2D eigenvalue weighted by Gasteiger charge is -2.04. The molecule has 0 fully saturated rings. The van der Waals surface area contributed by atoms with Crippen LogP contribution < -0.4 is 4.74 Å². The van der Waals surface area contributed by atoms with E-state index in [4.69, 9.17) is 4.74 Å². The van der Waals surface area contributed by atoms with Crippen molar-refractivity contribution in [1.82, 2.24) is 4.40 Å². The van der Waals surface area contributed by atoms with Crippen LogP contribution in [-0.4, -0.2) is 15.3 Å². The van der Waals surface area contributed by atoms with E-state index in [0.717, 1.165) is 0 Å². The normalized spacial score (nSPS) is 10.2. The number of nitro benzene ring substituents is 1. The fraction of sp³-hybridized carbons (Fsp3) is 0. The first-order valence-electron chi connectivity index (χ1n) is 10.3.